The first-order valence-electron chi connectivity index (χ1n) is 6.33. The van der Waals surface area contributed by atoms with Crippen molar-refractivity contribution in [1.29, 1.82) is 0 Å². The van der Waals surface area contributed by atoms with E-state index >= 15 is 0 Å². The normalized spacial score (nSPS) is 24.0. The fourth-order valence-electron chi connectivity index (χ4n) is 1.69. The van der Waals surface area contributed by atoms with E-state index < -0.39 is 0 Å². The molecule has 4 nitrogen and oxygen atoms in total. The van der Waals surface area contributed by atoms with Crippen molar-refractivity contribution in [2.24, 2.45) is 0 Å². The molecule has 1 aliphatic rings. The second kappa shape index (κ2) is 10.4. The summed E-state index contributed by atoms with van der Waals surface area (Å²) in [6.07, 6.45) is 5.01. The predicted molar refractivity (Wildman–Crippen MR) is 65.1 cm³/mol. The van der Waals surface area contributed by atoms with Crippen molar-refractivity contribution in [1.82, 2.24) is 21.3 Å². The van der Waals surface area contributed by atoms with E-state index in [0.717, 1.165) is 45.9 Å². The van der Waals surface area contributed by atoms with Gasteiger partial charge in [0.2, 0.25) is 0 Å². The third-order valence-electron chi connectivity index (χ3n) is 2.62. The van der Waals surface area contributed by atoms with Crippen LogP contribution in [0.4, 0.5) is 0 Å². The van der Waals surface area contributed by atoms with Crippen LogP contribution in [0.2, 0.25) is 0 Å². The van der Waals surface area contributed by atoms with E-state index in [1.54, 1.807) is 0 Å². The summed E-state index contributed by atoms with van der Waals surface area (Å²) in [7, 11) is 0. The van der Waals surface area contributed by atoms with Gasteiger partial charge in [0, 0.05) is 6.67 Å². The highest BCUT2D eigenvalue weighted by Crippen LogP contribution is 1.85. The van der Waals surface area contributed by atoms with Crippen molar-refractivity contribution in [3.05, 3.63) is 0 Å². The van der Waals surface area contributed by atoms with Gasteiger partial charge in [-0.05, 0) is 65.0 Å². The molecule has 1 heterocycles. The van der Waals surface area contributed by atoms with E-state index in [1.165, 1.54) is 25.7 Å². The van der Waals surface area contributed by atoms with Crippen LogP contribution < -0.4 is 21.3 Å². The van der Waals surface area contributed by atoms with Crippen LogP contribution in [0, 0.1) is 0 Å². The van der Waals surface area contributed by atoms with Crippen molar-refractivity contribution in [3.8, 4) is 0 Å². The van der Waals surface area contributed by atoms with Gasteiger partial charge in [0.05, 0.1) is 0 Å². The summed E-state index contributed by atoms with van der Waals surface area (Å²) in [5.74, 6) is 0. The molecule has 0 atom stereocenters. The van der Waals surface area contributed by atoms with Crippen LogP contribution >= 0.6 is 0 Å². The van der Waals surface area contributed by atoms with E-state index in [2.05, 4.69) is 21.3 Å². The van der Waals surface area contributed by atoms with Gasteiger partial charge in [-0.25, -0.2) is 0 Å². The Hall–Kier alpha value is -0.160. The lowest BCUT2D eigenvalue weighted by Crippen LogP contribution is -2.31. The molecule has 0 amide bonds. The quantitative estimate of drug-likeness (QED) is 0.454. The Balaban J connectivity index is 2.01. The average molecular weight is 214 g/mol. The molecule has 90 valence electrons. The lowest BCUT2D eigenvalue weighted by molar-refractivity contribution is 0.541. The maximum absolute atomic E-state index is 3.47. The SMILES string of the molecule is C1CCNCNCCCNCCCNC1. The molecule has 15 heavy (non-hydrogen) atoms. The Kier molecular flexibility index (Phi) is 8.92. The Morgan fingerprint density at radius 3 is 1.40 bits per heavy atom. The summed E-state index contributed by atoms with van der Waals surface area (Å²) < 4.78 is 0. The van der Waals surface area contributed by atoms with E-state index in [0.29, 0.717) is 0 Å². The molecule has 0 saturated carbocycles. The molecule has 0 aromatic carbocycles. The molecule has 0 aromatic heterocycles. The summed E-state index contributed by atoms with van der Waals surface area (Å²) in [4.78, 5) is 0. The molecule has 0 spiro atoms. The molecule has 4 heteroatoms. The summed E-state index contributed by atoms with van der Waals surface area (Å²) in [6, 6.07) is 0. The highest BCUT2D eigenvalue weighted by Gasteiger charge is 1.93. The minimum atomic E-state index is 0.952. The Morgan fingerprint density at radius 1 is 0.400 bits per heavy atom. The molecule has 0 bridgehead atoms. The van der Waals surface area contributed by atoms with Gasteiger partial charge in [0.1, 0.15) is 0 Å². The zero-order valence-corrected chi connectivity index (χ0v) is 9.78. The third-order valence-corrected chi connectivity index (χ3v) is 2.62. The van der Waals surface area contributed by atoms with E-state index in [9.17, 15) is 0 Å². The lowest BCUT2D eigenvalue weighted by atomic mass is 10.3. The predicted octanol–water partition coefficient (Wildman–Crippen LogP) is -0.124. The Labute approximate surface area is 93.6 Å². The first-order valence-corrected chi connectivity index (χ1v) is 6.33. The van der Waals surface area contributed by atoms with Crippen molar-refractivity contribution in [3.63, 3.8) is 0 Å². The maximum atomic E-state index is 3.47. The highest BCUT2D eigenvalue weighted by atomic mass is 15.1. The molecule has 4 N–H and O–H groups in total. The fourth-order valence-corrected chi connectivity index (χ4v) is 1.69. The molecule has 1 aliphatic heterocycles. The first kappa shape index (κ1) is 12.9. The van der Waals surface area contributed by atoms with E-state index in [4.69, 9.17) is 0 Å². The average Bonchev–Trinajstić information content (AvgIpc) is 2.27. The van der Waals surface area contributed by atoms with Crippen LogP contribution in [0.25, 0.3) is 0 Å². The molecular weight excluding hydrogens is 188 g/mol. The van der Waals surface area contributed by atoms with Crippen LogP contribution in [-0.2, 0) is 0 Å². The highest BCUT2D eigenvalue weighted by molar-refractivity contribution is 4.56. The van der Waals surface area contributed by atoms with Gasteiger partial charge in [0.15, 0.2) is 0 Å². The number of nitrogens with one attached hydrogen (secondary N) is 4. The zero-order valence-electron chi connectivity index (χ0n) is 9.78. The fraction of sp³-hybridized carbons (Fsp3) is 1.00. The second-order valence-corrected chi connectivity index (χ2v) is 4.09. The molecule has 1 rings (SSSR count). The van der Waals surface area contributed by atoms with Gasteiger partial charge in [-0.2, -0.15) is 0 Å². The van der Waals surface area contributed by atoms with Crippen molar-refractivity contribution < 1.29 is 0 Å². The second-order valence-electron chi connectivity index (χ2n) is 4.09. The molecule has 0 aliphatic carbocycles. The van der Waals surface area contributed by atoms with Crippen LogP contribution in [0.5, 0.6) is 0 Å². The summed E-state index contributed by atoms with van der Waals surface area (Å²) in [5, 5.41) is 13.7. The van der Waals surface area contributed by atoms with Gasteiger partial charge in [-0.15, -0.1) is 0 Å². The van der Waals surface area contributed by atoms with Gasteiger partial charge in [-0.1, -0.05) is 0 Å². The van der Waals surface area contributed by atoms with Crippen LogP contribution in [0.15, 0.2) is 0 Å². The van der Waals surface area contributed by atoms with Gasteiger partial charge in [-0.3, -0.25) is 0 Å². The lowest BCUT2D eigenvalue weighted by Gasteiger charge is -2.06. The minimum Gasteiger partial charge on any atom is -0.317 e. The molecular formula is C11H26N4. The van der Waals surface area contributed by atoms with Crippen LogP contribution in [0.1, 0.15) is 25.7 Å². The zero-order chi connectivity index (χ0) is 10.6. The first-order chi connectivity index (χ1) is 7.50. The monoisotopic (exact) mass is 214 g/mol. The van der Waals surface area contributed by atoms with Crippen molar-refractivity contribution >= 4 is 0 Å². The molecule has 0 radical (unpaired) electrons. The summed E-state index contributed by atoms with van der Waals surface area (Å²) in [6.45, 7) is 7.78. The Bertz CT molecular complexity index is 71.2. The van der Waals surface area contributed by atoms with Crippen LogP contribution in [0.3, 0.4) is 0 Å². The smallest absolute Gasteiger partial charge is 0.0454 e. The molecule has 0 aromatic rings. The van der Waals surface area contributed by atoms with Gasteiger partial charge in [0.25, 0.3) is 0 Å². The topological polar surface area (TPSA) is 48.1 Å². The molecule has 0 unspecified atom stereocenters. The number of rotatable bonds is 0. The van der Waals surface area contributed by atoms with Crippen molar-refractivity contribution in [2.45, 2.75) is 25.7 Å². The van der Waals surface area contributed by atoms with E-state index in [1.807, 2.05) is 0 Å². The minimum absolute atomic E-state index is 0.952. The standard InChI is InChI=1S/C11H26N4/c1-2-6-14-11-15-10-4-9-13-8-3-7-12-5-1/h12-15H,1-11H2. The Morgan fingerprint density at radius 2 is 0.800 bits per heavy atom. The summed E-state index contributed by atoms with van der Waals surface area (Å²) in [5.41, 5.74) is 0. The summed E-state index contributed by atoms with van der Waals surface area (Å²) >= 11 is 0. The largest absolute Gasteiger partial charge is 0.317 e. The third kappa shape index (κ3) is 8.81. The molecule has 1 fully saturated rings. The van der Waals surface area contributed by atoms with Crippen LogP contribution in [-0.4, -0.2) is 45.9 Å². The van der Waals surface area contributed by atoms with Gasteiger partial charge < -0.3 is 21.3 Å². The molecule has 1 saturated heterocycles. The number of hydrogen-bond acceptors (Lipinski definition) is 4. The number of hydrogen-bond donors (Lipinski definition) is 4. The van der Waals surface area contributed by atoms with Gasteiger partial charge >= 0.3 is 0 Å². The van der Waals surface area contributed by atoms with E-state index in [-0.39, 0.29) is 0 Å². The maximum Gasteiger partial charge on any atom is 0.0454 e. The van der Waals surface area contributed by atoms with Crippen molar-refractivity contribution in [2.75, 3.05) is 45.9 Å².